The fraction of sp³-hybridized carbons (Fsp3) is 0.542. The van der Waals surface area contributed by atoms with Crippen LogP contribution >= 0.6 is 0 Å². The van der Waals surface area contributed by atoms with E-state index in [1.807, 2.05) is 35.2 Å². The van der Waals surface area contributed by atoms with Crippen molar-refractivity contribution < 1.29 is 4.79 Å². The van der Waals surface area contributed by atoms with E-state index in [1.54, 1.807) is 0 Å². The lowest BCUT2D eigenvalue weighted by molar-refractivity contribution is 0.206. The van der Waals surface area contributed by atoms with Crippen molar-refractivity contribution in [2.24, 2.45) is 5.92 Å². The molecule has 1 N–H and O–H groups in total. The number of rotatable bonds is 3. The molecule has 0 saturated carbocycles. The number of aromatic nitrogens is 2. The van der Waals surface area contributed by atoms with Crippen molar-refractivity contribution in [2.45, 2.75) is 45.6 Å². The summed E-state index contributed by atoms with van der Waals surface area (Å²) < 4.78 is 0. The van der Waals surface area contributed by atoms with Crippen LogP contribution in [-0.2, 0) is 13.0 Å². The number of anilines is 3. The minimum absolute atomic E-state index is 0.0571. The summed E-state index contributed by atoms with van der Waals surface area (Å²) in [4.78, 5) is 29.6. The number of benzene rings is 1. The minimum Gasteiger partial charge on any atom is -0.356 e. The van der Waals surface area contributed by atoms with Crippen LogP contribution in [0.15, 0.2) is 30.3 Å². The van der Waals surface area contributed by atoms with Gasteiger partial charge in [0.2, 0.25) is 5.95 Å². The number of hydrogen-bond acceptors (Lipinski definition) is 5. The zero-order chi connectivity index (χ0) is 21.2. The summed E-state index contributed by atoms with van der Waals surface area (Å²) >= 11 is 0. The lowest BCUT2D eigenvalue weighted by Crippen LogP contribution is -2.41. The van der Waals surface area contributed by atoms with Crippen molar-refractivity contribution in [1.82, 2.24) is 14.9 Å². The molecule has 0 aliphatic carbocycles. The lowest BCUT2D eigenvalue weighted by Gasteiger charge is -2.35. The Bertz CT molecular complexity index is 919. The molecule has 0 radical (unpaired) electrons. The highest BCUT2D eigenvalue weighted by molar-refractivity contribution is 5.89. The lowest BCUT2D eigenvalue weighted by atomic mass is 9.99. The summed E-state index contributed by atoms with van der Waals surface area (Å²) in [7, 11) is 0. The maximum atomic E-state index is 12.9. The van der Waals surface area contributed by atoms with E-state index in [0.29, 0.717) is 13.1 Å². The van der Waals surface area contributed by atoms with Gasteiger partial charge in [0, 0.05) is 50.4 Å². The van der Waals surface area contributed by atoms with E-state index in [1.165, 1.54) is 25.7 Å². The monoisotopic (exact) mass is 420 g/mol. The van der Waals surface area contributed by atoms with Crippen LogP contribution in [0.3, 0.4) is 0 Å². The number of fused-ring (bicyclic) bond motifs is 1. The molecule has 7 nitrogen and oxygen atoms in total. The minimum atomic E-state index is -0.0571. The third-order valence-electron chi connectivity index (χ3n) is 6.81. The molecule has 2 fully saturated rings. The molecule has 3 aliphatic heterocycles. The molecular weight excluding hydrogens is 388 g/mol. The molecule has 0 bridgehead atoms. The molecule has 0 atom stereocenters. The van der Waals surface area contributed by atoms with Crippen LogP contribution in [0.2, 0.25) is 0 Å². The average molecular weight is 421 g/mol. The predicted octanol–water partition coefficient (Wildman–Crippen LogP) is 3.90. The van der Waals surface area contributed by atoms with Gasteiger partial charge in [-0.1, -0.05) is 25.1 Å². The van der Waals surface area contributed by atoms with Crippen molar-refractivity contribution in [2.75, 3.05) is 47.8 Å². The average Bonchev–Trinajstić information content (AvgIpc) is 3.34. The number of piperidine rings is 1. The van der Waals surface area contributed by atoms with Gasteiger partial charge in [0.15, 0.2) is 0 Å². The molecule has 164 valence electrons. The first-order valence-electron chi connectivity index (χ1n) is 11.7. The highest BCUT2D eigenvalue weighted by Crippen LogP contribution is 2.32. The van der Waals surface area contributed by atoms with Gasteiger partial charge in [0.1, 0.15) is 5.82 Å². The molecule has 2 amide bonds. The number of carbonyl (C=O) groups is 1. The number of para-hydroxylation sites is 1. The fourth-order valence-electron chi connectivity index (χ4n) is 4.82. The summed E-state index contributed by atoms with van der Waals surface area (Å²) in [6.45, 7) is 7.72. The zero-order valence-electron chi connectivity index (χ0n) is 18.4. The number of nitrogens with one attached hydrogen (secondary N) is 1. The second-order valence-electron chi connectivity index (χ2n) is 9.10. The SMILES string of the molecule is CC1CCN(c2nc3c(c(N4CCCC4)n2)CN(C(=O)Nc2ccccc2)CC3)CC1. The van der Waals surface area contributed by atoms with E-state index in [4.69, 9.17) is 9.97 Å². The Labute approximate surface area is 184 Å². The molecule has 7 heteroatoms. The standard InChI is InChI=1S/C24H32N6O/c1-18-9-14-29(15-10-18)23-26-21-11-16-30(24(31)25-19-7-3-2-4-8-19)17-20(21)22(27-23)28-12-5-6-13-28/h2-4,7-8,18H,5-6,9-17H2,1H3,(H,25,31). The van der Waals surface area contributed by atoms with Gasteiger partial charge in [0.25, 0.3) is 0 Å². The highest BCUT2D eigenvalue weighted by atomic mass is 16.2. The Morgan fingerprint density at radius 2 is 1.71 bits per heavy atom. The molecule has 1 aromatic carbocycles. The van der Waals surface area contributed by atoms with Gasteiger partial charge in [-0.25, -0.2) is 9.78 Å². The van der Waals surface area contributed by atoms with E-state index in [2.05, 4.69) is 22.0 Å². The van der Waals surface area contributed by atoms with E-state index >= 15 is 0 Å². The van der Waals surface area contributed by atoms with Crippen molar-refractivity contribution >= 4 is 23.5 Å². The maximum Gasteiger partial charge on any atom is 0.322 e. The van der Waals surface area contributed by atoms with Gasteiger partial charge in [-0.2, -0.15) is 4.98 Å². The van der Waals surface area contributed by atoms with Gasteiger partial charge in [0.05, 0.1) is 12.2 Å². The molecule has 3 aliphatic rings. The molecular formula is C24H32N6O. The number of carbonyl (C=O) groups excluding carboxylic acids is 1. The Hall–Kier alpha value is -2.83. The first-order valence-corrected chi connectivity index (χ1v) is 11.7. The summed E-state index contributed by atoms with van der Waals surface area (Å²) in [5.74, 6) is 2.71. The number of amides is 2. The molecule has 2 aromatic rings. The van der Waals surface area contributed by atoms with Crippen LogP contribution < -0.4 is 15.1 Å². The fourth-order valence-corrected chi connectivity index (χ4v) is 4.82. The summed E-state index contributed by atoms with van der Waals surface area (Å²) in [5, 5.41) is 3.02. The van der Waals surface area contributed by atoms with Crippen LogP contribution in [0.1, 0.15) is 43.9 Å². The van der Waals surface area contributed by atoms with Crippen LogP contribution in [0, 0.1) is 5.92 Å². The van der Waals surface area contributed by atoms with Crippen molar-refractivity contribution in [1.29, 1.82) is 0 Å². The Morgan fingerprint density at radius 3 is 2.45 bits per heavy atom. The van der Waals surface area contributed by atoms with E-state index < -0.39 is 0 Å². The van der Waals surface area contributed by atoms with E-state index in [-0.39, 0.29) is 6.03 Å². The molecule has 0 unspecified atom stereocenters. The quantitative estimate of drug-likeness (QED) is 0.816. The van der Waals surface area contributed by atoms with Crippen LogP contribution in [0.25, 0.3) is 0 Å². The Kier molecular flexibility index (Phi) is 5.66. The van der Waals surface area contributed by atoms with Crippen LogP contribution in [0.4, 0.5) is 22.2 Å². The maximum absolute atomic E-state index is 12.9. The first-order chi connectivity index (χ1) is 15.2. The van der Waals surface area contributed by atoms with Crippen molar-refractivity contribution in [3.63, 3.8) is 0 Å². The van der Waals surface area contributed by atoms with Crippen LogP contribution in [0.5, 0.6) is 0 Å². The summed E-state index contributed by atoms with van der Waals surface area (Å²) in [5.41, 5.74) is 3.07. The normalized spacial score (nSPS) is 19.5. The van der Waals surface area contributed by atoms with E-state index in [0.717, 1.165) is 67.2 Å². The van der Waals surface area contributed by atoms with Crippen molar-refractivity contribution in [3.8, 4) is 0 Å². The Morgan fingerprint density at radius 1 is 0.968 bits per heavy atom. The van der Waals surface area contributed by atoms with Gasteiger partial charge in [-0.15, -0.1) is 0 Å². The van der Waals surface area contributed by atoms with Crippen molar-refractivity contribution in [3.05, 3.63) is 41.6 Å². The second kappa shape index (κ2) is 8.73. The molecule has 4 heterocycles. The second-order valence-corrected chi connectivity index (χ2v) is 9.10. The largest absolute Gasteiger partial charge is 0.356 e. The number of nitrogens with zero attached hydrogens (tertiary/aromatic N) is 5. The summed E-state index contributed by atoms with van der Waals surface area (Å²) in [6.07, 6.45) is 5.58. The third-order valence-corrected chi connectivity index (χ3v) is 6.81. The van der Waals surface area contributed by atoms with Gasteiger partial charge in [-0.3, -0.25) is 0 Å². The highest BCUT2D eigenvalue weighted by Gasteiger charge is 2.30. The molecule has 5 rings (SSSR count). The molecule has 0 spiro atoms. The third kappa shape index (κ3) is 4.31. The number of hydrogen-bond donors (Lipinski definition) is 1. The first kappa shape index (κ1) is 20.1. The topological polar surface area (TPSA) is 64.6 Å². The van der Waals surface area contributed by atoms with Gasteiger partial charge >= 0.3 is 6.03 Å². The van der Waals surface area contributed by atoms with Gasteiger partial charge in [-0.05, 0) is 43.7 Å². The van der Waals surface area contributed by atoms with Crippen LogP contribution in [-0.4, -0.2) is 53.6 Å². The Balaban J connectivity index is 1.40. The predicted molar refractivity (Wildman–Crippen MR) is 124 cm³/mol. The summed E-state index contributed by atoms with van der Waals surface area (Å²) in [6, 6.07) is 9.60. The molecule has 2 saturated heterocycles. The van der Waals surface area contributed by atoms with Gasteiger partial charge < -0.3 is 20.0 Å². The van der Waals surface area contributed by atoms with E-state index in [9.17, 15) is 4.79 Å². The molecule has 1 aromatic heterocycles. The smallest absolute Gasteiger partial charge is 0.322 e. The zero-order valence-corrected chi connectivity index (χ0v) is 18.4. The molecule has 31 heavy (non-hydrogen) atoms. The number of urea groups is 1.